The predicted molar refractivity (Wildman–Crippen MR) is 102 cm³/mol. The zero-order chi connectivity index (χ0) is 20.1. The molecule has 6 heteroatoms. The standard InChI is InChI=1S/C22H24F3NO2/c1-15(21(27)26-19-9-5-8-18(14-19)22(23,24)25)28-20-12-10-17(11-13-20)16-6-3-2-4-7-16/h2-4,6-7,10-13,15,18-19H,5,8-9,14H2,1H3,(H,26,27). The van der Waals surface area contributed by atoms with E-state index in [0.717, 1.165) is 11.1 Å². The first-order valence-corrected chi connectivity index (χ1v) is 9.52. The van der Waals surface area contributed by atoms with Crippen LogP contribution < -0.4 is 10.1 Å². The fourth-order valence-electron chi connectivity index (χ4n) is 3.55. The van der Waals surface area contributed by atoms with Crippen molar-refractivity contribution >= 4 is 5.91 Å². The first-order valence-electron chi connectivity index (χ1n) is 9.52. The van der Waals surface area contributed by atoms with Crippen molar-refractivity contribution < 1.29 is 22.7 Å². The van der Waals surface area contributed by atoms with Crippen molar-refractivity contribution in [3.63, 3.8) is 0 Å². The van der Waals surface area contributed by atoms with Gasteiger partial charge in [0.1, 0.15) is 5.75 Å². The van der Waals surface area contributed by atoms with Gasteiger partial charge in [0.05, 0.1) is 5.92 Å². The molecule has 2 aromatic rings. The largest absolute Gasteiger partial charge is 0.481 e. The lowest BCUT2D eigenvalue weighted by atomic mass is 9.85. The maximum absolute atomic E-state index is 12.9. The molecule has 1 aliphatic carbocycles. The van der Waals surface area contributed by atoms with E-state index in [-0.39, 0.29) is 18.7 Å². The lowest BCUT2D eigenvalue weighted by Crippen LogP contribution is -2.46. The molecule has 0 aromatic heterocycles. The number of benzene rings is 2. The first kappa shape index (κ1) is 20.2. The van der Waals surface area contributed by atoms with Gasteiger partial charge < -0.3 is 10.1 Å². The predicted octanol–water partition coefficient (Wildman–Crippen LogP) is 5.36. The molecule has 1 saturated carbocycles. The highest BCUT2D eigenvalue weighted by Gasteiger charge is 2.42. The lowest BCUT2D eigenvalue weighted by Gasteiger charge is -2.31. The summed E-state index contributed by atoms with van der Waals surface area (Å²) in [5.41, 5.74) is 2.11. The molecular weight excluding hydrogens is 367 g/mol. The number of carbonyl (C=O) groups is 1. The van der Waals surface area contributed by atoms with Crippen LogP contribution in [0, 0.1) is 5.92 Å². The molecule has 1 fully saturated rings. The molecule has 0 aliphatic heterocycles. The summed E-state index contributed by atoms with van der Waals surface area (Å²) in [5, 5.41) is 2.71. The van der Waals surface area contributed by atoms with Gasteiger partial charge in [-0.25, -0.2) is 0 Å². The van der Waals surface area contributed by atoms with Gasteiger partial charge in [0.2, 0.25) is 0 Å². The van der Waals surface area contributed by atoms with Crippen molar-refractivity contribution in [2.24, 2.45) is 5.92 Å². The van der Waals surface area contributed by atoms with E-state index in [2.05, 4.69) is 5.32 Å². The molecule has 0 bridgehead atoms. The van der Waals surface area contributed by atoms with Gasteiger partial charge in [-0.3, -0.25) is 4.79 Å². The number of nitrogens with one attached hydrogen (secondary N) is 1. The Labute approximate surface area is 162 Å². The van der Waals surface area contributed by atoms with Crippen molar-refractivity contribution in [2.75, 3.05) is 0 Å². The van der Waals surface area contributed by atoms with E-state index in [0.29, 0.717) is 18.6 Å². The quantitative estimate of drug-likeness (QED) is 0.745. The molecule has 0 saturated heterocycles. The van der Waals surface area contributed by atoms with E-state index >= 15 is 0 Å². The third-order valence-electron chi connectivity index (χ3n) is 5.13. The highest BCUT2D eigenvalue weighted by Crippen LogP contribution is 2.37. The van der Waals surface area contributed by atoms with Crippen molar-refractivity contribution in [2.45, 2.75) is 50.9 Å². The molecular formula is C22H24F3NO2. The molecule has 3 atom stereocenters. The molecule has 2 aromatic carbocycles. The number of hydrogen-bond donors (Lipinski definition) is 1. The summed E-state index contributed by atoms with van der Waals surface area (Å²) in [4.78, 5) is 12.3. The zero-order valence-corrected chi connectivity index (χ0v) is 15.7. The van der Waals surface area contributed by atoms with Gasteiger partial charge in [0, 0.05) is 6.04 Å². The first-order chi connectivity index (χ1) is 13.3. The molecule has 3 nitrogen and oxygen atoms in total. The third-order valence-corrected chi connectivity index (χ3v) is 5.13. The fraction of sp³-hybridized carbons (Fsp3) is 0.409. The molecule has 3 unspecified atom stereocenters. The molecule has 0 radical (unpaired) electrons. The van der Waals surface area contributed by atoms with Crippen LogP contribution in [0.5, 0.6) is 5.75 Å². The summed E-state index contributed by atoms with van der Waals surface area (Å²) >= 11 is 0. The zero-order valence-electron chi connectivity index (χ0n) is 15.7. The average molecular weight is 391 g/mol. The van der Waals surface area contributed by atoms with Gasteiger partial charge in [-0.15, -0.1) is 0 Å². The third kappa shape index (κ3) is 5.27. The number of hydrogen-bond acceptors (Lipinski definition) is 2. The Morgan fingerprint density at radius 3 is 2.32 bits per heavy atom. The van der Waals surface area contributed by atoms with Gasteiger partial charge in [0.25, 0.3) is 5.91 Å². The van der Waals surface area contributed by atoms with E-state index in [1.165, 1.54) is 0 Å². The number of alkyl halides is 3. The van der Waals surface area contributed by atoms with E-state index < -0.39 is 24.2 Å². The Bertz CT molecular complexity index is 775. The van der Waals surface area contributed by atoms with Crippen molar-refractivity contribution in [3.05, 3.63) is 54.6 Å². The highest BCUT2D eigenvalue weighted by molar-refractivity contribution is 5.81. The number of carbonyl (C=O) groups excluding carboxylic acids is 1. The van der Waals surface area contributed by atoms with Crippen LogP contribution in [-0.2, 0) is 4.79 Å². The minimum absolute atomic E-state index is 0.0618. The van der Waals surface area contributed by atoms with Crippen LogP contribution in [0.1, 0.15) is 32.6 Å². The summed E-state index contributed by atoms with van der Waals surface area (Å²) in [6.07, 6.45) is -3.88. The van der Waals surface area contributed by atoms with E-state index in [1.54, 1.807) is 19.1 Å². The Balaban J connectivity index is 1.54. The lowest BCUT2D eigenvalue weighted by molar-refractivity contribution is -0.184. The van der Waals surface area contributed by atoms with E-state index in [1.807, 2.05) is 42.5 Å². The Morgan fingerprint density at radius 1 is 1.04 bits per heavy atom. The summed E-state index contributed by atoms with van der Waals surface area (Å²) in [7, 11) is 0. The number of rotatable bonds is 5. The van der Waals surface area contributed by atoms with Crippen molar-refractivity contribution in [3.8, 4) is 16.9 Å². The Kier molecular flexibility index (Phi) is 6.27. The smallest absolute Gasteiger partial charge is 0.391 e. The SMILES string of the molecule is CC(Oc1ccc(-c2ccccc2)cc1)C(=O)NC1CCCC(C(F)(F)F)C1. The van der Waals surface area contributed by atoms with Gasteiger partial charge in [0.15, 0.2) is 6.10 Å². The summed E-state index contributed by atoms with van der Waals surface area (Å²) in [6.45, 7) is 1.60. The molecule has 1 aliphatic rings. The van der Waals surface area contributed by atoms with Crippen LogP contribution in [-0.4, -0.2) is 24.2 Å². The van der Waals surface area contributed by atoms with E-state index in [9.17, 15) is 18.0 Å². The van der Waals surface area contributed by atoms with E-state index in [4.69, 9.17) is 4.74 Å². The highest BCUT2D eigenvalue weighted by atomic mass is 19.4. The minimum Gasteiger partial charge on any atom is -0.481 e. The molecule has 3 rings (SSSR count). The topological polar surface area (TPSA) is 38.3 Å². The fourth-order valence-corrected chi connectivity index (χ4v) is 3.55. The van der Waals surface area contributed by atoms with Crippen LogP contribution in [0.25, 0.3) is 11.1 Å². The summed E-state index contributed by atoms with van der Waals surface area (Å²) in [5.74, 6) is -1.19. The van der Waals surface area contributed by atoms with Crippen molar-refractivity contribution in [1.29, 1.82) is 0 Å². The Morgan fingerprint density at radius 2 is 1.68 bits per heavy atom. The van der Waals surface area contributed by atoms with Gasteiger partial charge in [-0.2, -0.15) is 13.2 Å². The Hall–Kier alpha value is -2.50. The van der Waals surface area contributed by atoms with Crippen molar-refractivity contribution in [1.82, 2.24) is 5.32 Å². The number of amides is 1. The molecule has 1 amide bonds. The number of halogens is 3. The van der Waals surface area contributed by atoms with Gasteiger partial charge >= 0.3 is 6.18 Å². The number of ether oxygens (including phenoxy) is 1. The molecule has 0 heterocycles. The van der Waals surface area contributed by atoms with Crippen LogP contribution in [0.2, 0.25) is 0 Å². The van der Waals surface area contributed by atoms with Gasteiger partial charge in [-0.05, 0) is 49.4 Å². The molecule has 1 N–H and O–H groups in total. The maximum Gasteiger partial charge on any atom is 0.391 e. The van der Waals surface area contributed by atoms with Gasteiger partial charge in [-0.1, -0.05) is 48.9 Å². The monoisotopic (exact) mass is 391 g/mol. The minimum atomic E-state index is -4.20. The second-order valence-corrected chi connectivity index (χ2v) is 7.26. The average Bonchev–Trinajstić information content (AvgIpc) is 2.69. The summed E-state index contributed by atoms with van der Waals surface area (Å²) in [6, 6.07) is 16.8. The molecule has 28 heavy (non-hydrogen) atoms. The normalized spacial score (nSPS) is 21.0. The second kappa shape index (κ2) is 8.67. The maximum atomic E-state index is 12.9. The van der Waals surface area contributed by atoms with Crippen LogP contribution in [0.15, 0.2) is 54.6 Å². The van der Waals surface area contributed by atoms with Crippen LogP contribution >= 0.6 is 0 Å². The van der Waals surface area contributed by atoms with Crippen LogP contribution in [0.4, 0.5) is 13.2 Å². The second-order valence-electron chi connectivity index (χ2n) is 7.26. The van der Waals surface area contributed by atoms with Crippen LogP contribution in [0.3, 0.4) is 0 Å². The molecule has 0 spiro atoms. The molecule has 150 valence electrons. The summed E-state index contributed by atoms with van der Waals surface area (Å²) < 4.78 is 44.4.